The van der Waals surface area contributed by atoms with Gasteiger partial charge in [-0.1, -0.05) is 6.08 Å². The summed E-state index contributed by atoms with van der Waals surface area (Å²) in [5.74, 6) is 1.01. The second-order valence-electron chi connectivity index (χ2n) is 4.55. The highest BCUT2D eigenvalue weighted by atomic mass is 16.7. The van der Waals surface area contributed by atoms with Crippen LogP contribution in [0.25, 0.3) is 0 Å². The lowest BCUT2D eigenvalue weighted by Gasteiger charge is -2.21. The summed E-state index contributed by atoms with van der Waals surface area (Å²) in [6.07, 6.45) is 1.83. The molecule has 1 heterocycles. The summed E-state index contributed by atoms with van der Waals surface area (Å²) >= 11 is 0. The van der Waals surface area contributed by atoms with E-state index in [2.05, 4.69) is 11.9 Å². The molecule has 2 rings (SSSR count). The summed E-state index contributed by atoms with van der Waals surface area (Å²) in [5, 5.41) is 2.68. The van der Waals surface area contributed by atoms with E-state index < -0.39 is 0 Å². The third-order valence-electron chi connectivity index (χ3n) is 3.05. The van der Waals surface area contributed by atoms with Crippen LogP contribution in [-0.2, 0) is 9.59 Å². The van der Waals surface area contributed by atoms with E-state index in [4.69, 9.17) is 9.47 Å². The first-order valence-electron chi connectivity index (χ1n) is 6.67. The monoisotopic (exact) mass is 290 g/mol. The zero-order valence-electron chi connectivity index (χ0n) is 11.9. The molecule has 0 fully saturated rings. The molecule has 1 aliphatic rings. The summed E-state index contributed by atoms with van der Waals surface area (Å²) < 4.78 is 10.5. The predicted molar refractivity (Wildman–Crippen MR) is 78.4 cm³/mol. The molecule has 0 bridgehead atoms. The molecule has 0 saturated carbocycles. The molecule has 112 valence electrons. The van der Waals surface area contributed by atoms with Crippen LogP contribution in [0, 0.1) is 0 Å². The second-order valence-corrected chi connectivity index (χ2v) is 4.55. The topological polar surface area (TPSA) is 67.9 Å². The van der Waals surface area contributed by atoms with Gasteiger partial charge in [0.05, 0.1) is 0 Å². The molecule has 0 aliphatic carbocycles. The molecule has 1 aromatic carbocycles. The lowest BCUT2D eigenvalue weighted by molar-refractivity contribution is -0.120. The van der Waals surface area contributed by atoms with Crippen molar-refractivity contribution < 1.29 is 19.1 Å². The van der Waals surface area contributed by atoms with Crippen molar-refractivity contribution in [3.8, 4) is 11.5 Å². The zero-order valence-corrected chi connectivity index (χ0v) is 11.9. The van der Waals surface area contributed by atoms with Gasteiger partial charge in [0.25, 0.3) is 0 Å². The van der Waals surface area contributed by atoms with Crippen molar-refractivity contribution in [2.45, 2.75) is 13.3 Å². The van der Waals surface area contributed by atoms with Crippen LogP contribution in [0.2, 0.25) is 0 Å². The molecule has 21 heavy (non-hydrogen) atoms. The van der Waals surface area contributed by atoms with Gasteiger partial charge < -0.3 is 19.7 Å². The lowest BCUT2D eigenvalue weighted by atomic mass is 10.2. The molecule has 1 N–H and O–H groups in total. The van der Waals surface area contributed by atoms with Gasteiger partial charge in [0, 0.05) is 38.2 Å². The highest BCUT2D eigenvalue weighted by molar-refractivity contribution is 5.92. The minimum absolute atomic E-state index is 0.123. The number of ether oxygens (including phenoxy) is 2. The molecule has 1 aliphatic heterocycles. The van der Waals surface area contributed by atoms with Crippen LogP contribution in [0.3, 0.4) is 0 Å². The molecule has 6 nitrogen and oxygen atoms in total. The van der Waals surface area contributed by atoms with Crippen LogP contribution < -0.4 is 19.7 Å². The Labute approximate surface area is 123 Å². The maximum atomic E-state index is 11.8. The van der Waals surface area contributed by atoms with E-state index in [9.17, 15) is 9.59 Å². The third kappa shape index (κ3) is 3.75. The molecule has 6 heteroatoms. The van der Waals surface area contributed by atoms with Crippen molar-refractivity contribution in [2.75, 3.05) is 24.8 Å². The van der Waals surface area contributed by atoms with E-state index in [0.29, 0.717) is 30.3 Å². The molecule has 0 atom stereocenters. The van der Waals surface area contributed by atoms with E-state index in [0.717, 1.165) is 0 Å². The maximum Gasteiger partial charge on any atom is 0.231 e. The Morgan fingerprint density at radius 3 is 2.86 bits per heavy atom. The van der Waals surface area contributed by atoms with Crippen molar-refractivity contribution >= 4 is 17.5 Å². The van der Waals surface area contributed by atoms with E-state index in [1.807, 2.05) is 0 Å². The predicted octanol–water partition coefficient (Wildman–Crippen LogP) is 1.46. The highest BCUT2D eigenvalue weighted by Gasteiger charge is 2.18. The SMILES string of the molecule is C=CCNC(=O)CCN(C(C)=O)c1ccc2c(c1)OCO2. The van der Waals surface area contributed by atoms with Crippen LogP contribution in [0.15, 0.2) is 30.9 Å². The van der Waals surface area contributed by atoms with Gasteiger partial charge >= 0.3 is 0 Å². The van der Waals surface area contributed by atoms with Crippen LogP contribution in [0.4, 0.5) is 5.69 Å². The van der Waals surface area contributed by atoms with Crippen LogP contribution in [0.1, 0.15) is 13.3 Å². The van der Waals surface area contributed by atoms with Gasteiger partial charge in [0.1, 0.15) is 0 Å². The average molecular weight is 290 g/mol. The normalized spacial score (nSPS) is 11.9. The minimum atomic E-state index is -0.134. The Morgan fingerprint density at radius 1 is 1.38 bits per heavy atom. The summed E-state index contributed by atoms with van der Waals surface area (Å²) in [4.78, 5) is 24.9. The highest BCUT2D eigenvalue weighted by Crippen LogP contribution is 2.35. The van der Waals surface area contributed by atoms with Gasteiger partial charge in [0.15, 0.2) is 11.5 Å². The lowest BCUT2D eigenvalue weighted by Crippen LogP contribution is -2.33. The number of amides is 2. The van der Waals surface area contributed by atoms with Gasteiger partial charge in [-0.2, -0.15) is 0 Å². The number of nitrogens with one attached hydrogen (secondary N) is 1. The van der Waals surface area contributed by atoms with Crippen molar-refractivity contribution in [3.63, 3.8) is 0 Å². The van der Waals surface area contributed by atoms with Crippen molar-refractivity contribution in [2.24, 2.45) is 0 Å². The molecule has 2 amide bonds. The van der Waals surface area contributed by atoms with E-state index in [-0.39, 0.29) is 25.0 Å². The first-order chi connectivity index (χ1) is 10.1. The van der Waals surface area contributed by atoms with E-state index in [1.165, 1.54) is 11.8 Å². The fourth-order valence-electron chi connectivity index (χ4n) is 2.01. The molecule has 0 saturated heterocycles. The van der Waals surface area contributed by atoms with Gasteiger partial charge in [-0.3, -0.25) is 9.59 Å². The minimum Gasteiger partial charge on any atom is -0.454 e. The third-order valence-corrected chi connectivity index (χ3v) is 3.05. The van der Waals surface area contributed by atoms with Crippen molar-refractivity contribution in [1.82, 2.24) is 5.32 Å². The fourth-order valence-corrected chi connectivity index (χ4v) is 2.01. The first kappa shape index (κ1) is 14.9. The number of nitrogens with zero attached hydrogens (tertiary/aromatic N) is 1. The number of rotatable bonds is 6. The average Bonchev–Trinajstić information content (AvgIpc) is 2.92. The summed E-state index contributed by atoms with van der Waals surface area (Å²) in [7, 11) is 0. The standard InChI is InChI=1S/C15H18N2O4/c1-3-7-16-15(19)6-8-17(11(2)18)12-4-5-13-14(9-12)21-10-20-13/h3-5,9H,1,6-8,10H2,2H3,(H,16,19). The molecular weight excluding hydrogens is 272 g/mol. The molecule has 0 spiro atoms. The Hall–Kier alpha value is -2.50. The largest absolute Gasteiger partial charge is 0.454 e. The van der Waals surface area contributed by atoms with Gasteiger partial charge in [-0.15, -0.1) is 6.58 Å². The number of carbonyl (C=O) groups is 2. The molecule has 0 aromatic heterocycles. The van der Waals surface area contributed by atoms with Crippen LogP contribution in [-0.4, -0.2) is 31.7 Å². The van der Waals surface area contributed by atoms with Gasteiger partial charge in [-0.25, -0.2) is 0 Å². The summed E-state index contributed by atoms with van der Waals surface area (Å²) in [6, 6.07) is 5.27. The number of hydrogen-bond acceptors (Lipinski definition) is 4. The Balaban J connectivity index is 2.03. The summed E-state index contributed by atoms with van der Waals surface area (Å²) in [6.45, 7) is 5.90. The fraction of sp³-hybridized carbons (Fsp3) is 0.333. The van der Waals surface area contributed by atoms with Crippen LogP contribution in [0.5, 0.6) is 11.5 Å². The van der Waals surface area contributed by atoms with Crippen LogP contribution >= 0.6 is 0 Å². The zero-order chi connectivity index (χ0) is 15.2. The first-order valence-corrected chi connectivity index (χ1v) is 6.67. The van der Waals surface area contributed by atoms with Gasteiger partial charge in [0.2, 0.25) is 18.6 Å². The molecule has 1 aromatic rings. The number of carbonyl (C=O) groups excluding carboxylic acids is 2. The van der Waals surface area contributed by atoms with Crippen molar-refractivity contribution in [1.29, 1.82) is 0 Å². The Bertz CT molecular complexity index is 557. The number of benzene rings is 1. The second kappa shape index (κ2) is 6.78. The molecular formula is C15H18N2O4. The van der Waals surface area contributed by atoms with Gasteiger partial charge in [-0.05, 0) is 12.1 Å². The number of fused-ring (bicyclic) bond motifs is 1. The molecule has 0 unspecified atom stereocenters. The molecule has 0 radical (unpaired) electrons. The number of hydrogen-bond donors (Lipinski definition) is 1. The smallest absolute Gasteiger partial charge is 0.231 e. The number of anilines is 1. The van der Waals surface area contributed by atoms with E-state index >= 15 is 0 Å². The Morgan fingerprint density at radius 2 is 2.14 bits per heavy atom. The maximum absolute atomic E-state index is 11.8. The quantitative estimate of drug-likeness (QED) is 0.805. The van der Waals surface area contributed by atoms with E-state index in [1.54, 1.807) is 24.3 Å². The summed E-state index contributed by atoms with van der Waals surface area (Å²) in [5.41, 5.74) is 0.684. The Kier molecular flexibility index (Phi) is 4.81. The van der Waals surface area contributed by atoms with Crippen molar-refractivity contribution in [3.05, 3.63) is 30.9 Å².